The first-order valence-electron chi connectivity index (χ1n) is 9.70. The molecule has 0 amide bonds. The number of benzene rings is 1. The van der Waals surface area contributed by atoms with Gasteiger partial charge < -0.3 is 10.0 Å². The second-order valence-corrected chi connectivity index (χ2v) is 7.78. The number of likely N-dealkylation sites (tertiary alicyclic amines) is 1. The average Bonchev–Trinajstić information content (AvgIpc) is 2.61. The monoisotopic (exact) mass is 315 g/mol. The molecule has 1 saturated heterocycles. The molecule has 1 saturated carbocycles. The van der Waals surface area contributed by atoms with E-state index in [1.807, 2.05) is 0 Å². The van der Waals surface area contributed by atoms with Crippen LogP contribution in [-0.4, -0.2) is 29.6 Å². The number of hydrogen-bond donors (Lipinski definition) is 1. The molecule has 1 aromatic carbocycles. The molecule has 128 valence electrons. The summed E-state index contributed by atoms with van der Waals surface area (Å²) in [7, 11) is 0. The number of rotatable bonds is 5. The van der Waals surface area contributed by atoms with Crippen molar-refractivity contribution >= 4 is 0 Å². The Hall–Kier alpha value is -0.860. The lowest BCUT2D eigenvalue weighted by Crippen LogP contribution is -2.41. The second kappa shape index (κ2) is 7.81. The van der Waals surface area contributed by atoms with Gasteiger partial charge in [-0.2, -0.15) is 0 Å². The van der Waals surface area contributed by atoms with Crippen molar-refractivity contribution in [2.45, 2.75) is 70.3 Å². The quantitative estimate of drug-likeness (QED) is 0.855. The number of nitrogens with zero attached hydrogens (tertiary/aromatic N) is 1. The van der Waals surface area contributed by atoms with E-state index >= 15 is 0 Å². The second-order valence-electron chi connectivity index (χ2n) is 7.78. The Balaban J connectivity index is 1.77. The maximum absolute atomic E-state index is 11.7. The lowest BCUT2D eigenvalue weighted by Gasteiger charge is -2.41. The SMILES string of the molecule is Cc1cccc(C(O)(CCN2CCCCC2)C2CCCCC2)c1. The van der Waals surface area contributed by atoms with E-state index in [1.165, 1.54) is 70.0 Å². The normalized spacial score (nSPS) is 23.6. The first-order chi connectivity index (χ1) is 11.2. The van der Waals surface area contributed by atoms with Gasteiger partial charge in [-0.15, -0.1) is 0 Å². The van der Waals surface area contributed by atoms with E-state index in [9.17, 15) is 5.11 Å². The number of piperidine rings is 1. The minimum atomic E-state index is -0.635. The fraction of sp³-hybridized carbons (Fsp3) is 0.714. The third-order valence-electron chi connectivity index (χ3n) is 6.06. The van der Waals surface area contributed by atoms with Crippen LogP contribution in [0.3, 0.4) is 0 Å². The Bertz CT molecular complexity index is 488. The number of aliphatic hydroxyl groups is 1. The molecule has 1 heterocycles. The maximum Gasteiger partial charge on any atom is 0.0936 e. The maximum atomic E-state index is 11.7. The first-order valence-corrected chi connectivity index (χ1v) is 9.70. The Morgan fingerprint density at radius 3 is 2.43 bits per heavy atom. The molecule has 1 aliphatic heterocycles. The number of aryl methyl sites for hydroxylation is 1. The highest BCUT2D eigenvalue weighted by molar-refractivity contribution is 5.28. The summed E-state index contributed by atoms with van der Waals surface area (Å²) in [5, 5.41) is 11.7. The fourth-order valence-corrected chi connectivity index (χ4v) is 4.59. The van der Waals surface area contributed by atoms with E-state index in [4.69, 9.17) is 0 Å². The summed E-state index contributed by atoms with van der Waals surface area (Å²) >= 11 is 0. The van der Waals surface area contributed by atoms with Crippen LogP contribution in [0.15, 0.2) is 24.3 Å². The van der Waals surface area contributed by atoms with E-state index in [-0.39, 0.29) is 0 Å². The first kappa shape index (κ1) is 17.0. The largest absolute Gasteiger partial charge is 0.385 e. The predicted octanol–water partition coefficient (Wildman–Crippen LogP) is 4.64. The molecule has 3 rings (SSSR count). The highest BCUT2D eigenvalue weighted by atomic mass is 16.3. The third kappa shape index (κ3) is 4.16. The molecule has 1 atom stereocenters. The van der Waals surface area contributed by atoms with Crippen LogP contribution in [0.4, 0.5) is 0 Å². The standard InChI is InChI=1S/C21H33NO/c1-18-9-8-12-20(17-18)21(23,19-10-4-2-5-11-19)13-16-22-14-6-3-7-15-22/h8-9,12,17,19,23H,2-7,10-11,13-16H2,1H3. The molecule has 1 aromatic rings. The van der Waals surface area contributed by atoms with Gasteiger partial charge >= 0.3 is 0 Å². The van der Waals surface area contributed by atoms with Gasteiger partial charge in [0.15, 0.2) is 0 Å². The zero-order valence-electron chi connectivity index (χ0n) is 14.8. The summed E-state index contributed by atoms with van der Waals surface area (Å²) in [6.45, 7) is 5.61. The van der Waals surface area contributed by atoms with Crippen LogP contribution in [0, 0.1) is 12.8 Å². The van der Waals surface area contributed by atoms with E-state index in [0.29, 0.717) is 5.92 Å². The van der Waals surface area contributed by atoms with Crippen molar-refractivity contribution in [3.05, 3.63) is 35.4 Å². The molecular weight excluding hydrogens is 282 g/mol. The topological polar surface area (TPSA) is 23.5 Å². The minimum Gasteiger partial charge on any atom is -0.385 e. The number of hydrogen-bond acceptors (Lipinski definition) is 2. The molecule has 0 aromatic heterocycles. The van der Waals surface area contributed by atoms with Crippen molar-refractivity contribution in [3.63, 3.8) is 0 Å². The van der Waals surface area contributed by atoms with Gasteiger partial charge in [-0.25, -0.2) is 0 Å². The van der Waals surface area contributed by atoms with E-state index in [0.717, 1.165) is 18.5 Å². The van der Waals surface area contributed by atoms with Crippen LogP contribution in [0.1, 0.15) is 68.9 Å². The molecule has 0 bridgehead atoms. The summed E-state index contributed by atoms with van der Waals surface area (Å²) in [5.41, 5.74) is 1.78. The van der Waals surface area contributed by atoms with Gasteiger partial charge in [-0.05, 0) is 63.6 Å². The van der Waals surface area contributed by atoms with Crippen LogP contribution in [0.5, 0.6) is 0 Å². The zero-order chi connectivity index (χ0) is 16.1. The molecule has 2 fully saturated rings. The molecule has 1 aliphatic carbocycles. The van der Waals surface area contributed by atoms with Crippen LogP contribution in [0.2, 0.25) is 0 Å². The van der Waals surface area contributed by atoms with Crippen molar-refractivity contribution in [1.82, 2.24) is 4.90 Å². The average molecular weight is 316 g/mol. The van der Waals surface area contributed by atoms with Crippen LogP contribution >= 0.6 is 0 Å². The molecule has 1 unspecified atom stereocenters. The minimum absolute atomic E-state index is 0.433. The molecule has 1 N–H and O–H groups in total. The Morgan fingerprint density at radius 1 is 1.04 bits per heavy atom. The summed E-state index contributed by atoms with van der Waals surface area (Å²) in [6, 6.07) is 8.61. The lowest BCUT2D eigenvalue weighted by atomic mass is 9.71. The molecule has 2 nitrogen and oxygen atoms in total. The highest BCUT2D eigenvalue weighted by Gasteiger charge is 2.39. The third-order valence-corrected chi connectivity index (χ3v) is 6.06. The molecule has 2 heteroatoms. The van der Waals surface area contributed by atoms with Crippen LogP contribution in [-0.2, 0) is 5.60 Å². The smallest absolute Gasteiger partial charge is 0.0936 e. The van der Waals surface area contributed by atoms with Gasteiger partial charge in [0.1, 0.15) is 0 Å². The van der Waals surface area contributed by atoms with Crippen molar-refractivity contribution < 1.29 is 5.11 Å². The molecular formula is C21H33NO. The van der Waals surface area contributed by atoms with E-state index in [2.05, 4.69) is 36.1 Å². The Morgan fingerprint density at radius 2 is 1.74 bits per heavy atom. The molecule has 0 radical (unpaired) electrons. The Labute approximate surface area is 141 Å². The highest BCUT2D eigenvalue weighted by Crippen LogP contribution is 2.42. The molecule has 2 aliphatic rings. The predicted molar refractivity (Wildman–Crippen MR) is 96.6 cm³/mol. The van der Waals surface area contributed by atoms with Gasteiger partial charge in [0.05, 0.1) is 5.60 Å². The van der Waals surface area contributed by atoms with Gasteiger partial charge in [0.2, 0.25) is 0 Å². The lowest BCUT2D eigenvalue weighted by molar-refractivity contribution is -0.0529. The fourth-order valence-electron chi connectivity index (χ4n) is 4.59. The zero-order valence-corrected chi connectivity index (χ0v) is 14.8. The van der Waals surface area contributed by atoms with Gasteiger partial charge in [0, 0.05) is 6.54 Å². The summed E-state index contributed by atoms with van der Waals surface area (Å²) in [4.78, 5) is 2.56. The van der Waals surface area contributed by atoms with Crippen molar-refractivity contribution in [2.75, 3.05) is 19.6 Å². The van der Waals surface area contributed by atoms with E-state index < -0.39 is 5.60 Å². The summed E-state index contributed by atoms with van der Waals surface area (Å²) < 4.78 is 0. The van der Waals surface area contributed by atoms with Gasteiger partial charge in [-0.3, -0.25) is 0 Å². The summed E-state index contributed by atoms with van der Waals surface area (Å²) in [5.74, 6) is 0.433. The van der Waals surface area contributed by atoms with Gasteiger partial charge in [0.25, 0.3) is 0 Å². The van der Waals surface area contributed by atoms with Crippen molar-refractivity contribution in [2.24, 2.45) is 5.92 Å². The van der Waals surface area contributed by atoms with Gasteiger partial charge in [-0.1, -0.05) is 55.5 Å². The Kier molecular flexibility index (Phi) is 5.76. The van der Waals surface area contributed by atoms with Crippen molar-refractivity contribution in [1.29, 1.82) is 0 Å². The van der Waals surface area contributed by atoms with Crippen LogP contribution in [0.25, 0.3) is 0 Å². The summed E-state index contributed by atoms with van der Waals surface area (Å²) in [6.07, 6.45) is 11.2. The molecule has 0 spiro atoms. The molecule has 23 heavy (non-hydrogen) atoms. The van der Waals surface area contributed by atoms with E-state index in [1.54, 1.807) is 0 Å². The van der Waals surface area contributed by atoms with Crippen molar-refractivity contribution in [3.8, 4) is 0 Å². The van der Waals surface area contributed by atoms with Crippen LogP contribution < -0.4 is 0 Å².